The van der Waals surface area contributed by atoms with Gasteiger partial charge in [-0.1, -0.05) is 54.9 Å². The van der Waals surface area contributed by atoms with Gasteiger partial charge >= 0.3 is 0 Å². The summed E-state index contributed by atoms with van der Waals surface area (Å²) in [5.41, 5.74) is 3.25. The normalized spacial score (nSPS) is 11.2. The molecule has 0 bridgehead atoms. The number of nitrogens with zero attached hydrogens (tertiary/aromatic N) is 1. The molecule has 7 heteroatoms. The largest absolute Gasteiger partial charge is 0.321 e. The van der Waals surface area contributed by atoms with E-state index < -0.39 is 15.9 Å². The van der Waals surface area contributed by atoms with E-state index in [-0.39, 0.29) is 15.5 Å². The van der Waals surface area contributed by atoms with Gasteiger partial charge in [0.15, 0.2) is 0 Å². The molecule has 3 aromatic rings. The van der Waals surface area contributed by atoms with Crippen molar-refractivity contribution < 1.29 is 13.2 Å². The first kappa shape index (κ1) is 21.9. The number of carbonyl (C=O) groups excluding carboxylic acids is 1. The van der Waals surface area contributed by atoms with Crippen LogP contribution in [0.15, 0.2) is 71.6 Å². The first-order chi connectivity index (χ1) is 14.3. The van der Waals surface area contributed by atoms with Crippen molar-refractivity contribution in [2.24, 2.45) is 0 Å². The number of hydrogen-bond acceptors (Lipinski definition) is 3. The Labute approximate surface area is 182 Å². The maximum atomic E-state index is 13.0. The Hall–Kier alpha value is -2.83. The van der Waals surface area contributed by atoms with Gasteiger partial charge in [0.2, 0.25) is 0 Å². The van der Waals surface area contributed by atoms with Crippen LogP contribution in [-0.2, 0) is 16.4 Å². The van der Waals surface area contributed by atoms with E-state index in [0.29, 0.717) is 5.69 Å². The Bertz CT molecular complexity index is 1180. The lowest BCUT2D eigenvalue weighted by Crippen LogP contribution is -2.27. The van der Waals surface area contributed by atoms with Crippen molar-refractivity contribution in [1.82, 2.24) is 0 Å². The van der Waals surface area contributed by atoms with Gasteiger partial charge in [-0.2, -0.15) is 0 Å². The first-order valence-electron chi connectivity index (χ1n) is 9.49. The van der Waals surface area contributed by atoms with Crippen LogP contribution in [0, 0.1) is 6.92 Å². The number of para-hydroxylation sites is 1. The number of halogens is 1. The standard InChI is InChI=1S/C23H23ClN2O3S/c1-4-17-10-8-9-16(2)22(17)25-23(27)20-15-18(13-14-21(20)24)26(3)30(28,29)19-11-6-5-7-12-19/h5-15H,4H2,1-3H3,(H,25,27). The molecule has 0 fully saturated rings. The number of amides is 1. The number of benzene rings is 3. The summed E-state index contributed by atoms with van der Waals surface area (Å²) in [6, 6.07) is 18.5. The fraction of sp³-hybridized carbons (Fsp3) is 0.174. The molecule has 0 radical (unpaired) electrons. The lowest BCUT2D eigenvalue weighted by atomic mass is 10.1. The monoisotopic (exact) mass is 442 g/mol. The van der Waals surface area contributed by atoms with Crippen molar-refractivity contribution in [3.63, 3.8) is 0 Å². The van der Waals surface area contributed by atoms with Crippen molar-refractivity contribution in [2.75, 3.05) is 16.7 Å². The zero-order valence-corrected chi connectivity index (χ0v) is 18.6. The van der Waals surface area contributed by atoms with Gasteiger partial charge in [0.25, 0.3) is 15.9 Å². The minimum atomic E-state index is -3.77. The Morgan fingerprint density at radius 3 is 2.40 bits per heavy atom. The quantitative estimate of drug-likeness (QED) is 0.564. The summed E-state index contributed by atoms with van der Waals surface area (Å²) in [7, 11) is -2.32. The molecule has 1 amide bonds. The van der Waals surface area contributed by atoms with Gasteiger partial charge in [0, 0.05) is 12.7 Å². The summed E-state index contributed by atoms with van der Waals surface area (Å²) in [5.74, 6) is -0.392. The smallest absolute Gasteiger partial charge is 0.264 e. The molecule has 5 nitrogen and oxygen atoms in total. The number of rotatable bonds is 6. The minimum Gasteiger partial charge on any atom is -0.321 e. The van der Waals surface area contributed by atoms with E-state index >= 15 is 0 Å². The number of sulfonamides is 1. The highest BCUT2D eigenvalue weighted by molar-refractivity contribution is 7.92. The van der Waals surface area contributed by atoms with Crippen LogP contribution in [0.25, 0.3) is 0 Å². The molecule has 156 valence electrons. The molecular formula is C23H23ClN2O3S. The van der Waals surface area contributed by atoms with Crippen LogP contribution in [0.2, 0.25) is 5.02 Å². The lowest BCUT2D eigenvalue weighted by Gasteiger charge is -2.21. The molecule has 3 aromatic carbocycles. The number of nitrogens with one attached hydrogen (secondary N) is 1. The summed E-state index contributed by atoms with van der Waals surface area (Å²) < 4.78 is 27.0. The predicted octanol–water partition coefficient (Wildman–Crippen LogP) is 5.29. The second kappa shape index (κ2) is 8.90. The summed E-state index contributed by atoms with van der Waals surface area (Å²) in [4.78, 5) is 13.2. The van der Waals surface area contributed by atoms with E-state index in [9.17, 15) is 13.2 Å². The van der Waals surface area contributed by atoms with Gasteiger partial charge in [0.05, 0.1) is 21.2 Å². The van der Waals surface area contributed by atoms with Crippen LogP contribution in [-0.4, -0.2) is 21.4 Å². The Kier molecular flexibility index (Phi) is 6.48. The second-order valence-corrected chi connectivity index (χ2v) is 9.24. The van der Waals surface area contributed by atoms with Crippen LogP contribution in [0.5, 0.6) is 0 Å². The third kappa shape index (κ3) is 4.35. The predicted molar refractivity (Wildman–Crippen MR) is 122 cm³/mol. The molecule has 1 N–H and O–H groups in total. The van der Waals surface area contributed by atoms with Crippen molar-refractivity contribution in [3.8, 4) is 0 Å². The van der Waals surface area contributed by atoms with E-state index in [4.69, 9.17) is 11.6 Å². The van der Waals surface area contributed by atoms with Crippen LogP contribution in [0.1, 0.15) is 28.4 Å². The Balaban J connectivity index is 1.95. The van der Waals surface area contributed by atoms with Gasteiger partial charge in [0.1, 0.15) is 0 Å². The molecule has 0 aliphatic carbocycles. The first-order valence-corrected chi connectivity index (χ1v) is 11.3. The van der Waals surface area contributed by atoms with Crippen LogP contribution < -0.4 is 9.62 Å². The summed E-state index contributed by atoms with van der Waals surface area (Å²) >= 11 is 6.28. The zero-order chi connectivity index (χ0) is 21.9. The SMILES string of the molecule is CCc1cccc(C)c1NC(=O)c1cc(N(C)S(=O)(=O)c2ccccc2)ccc1Cl. The van der Waals surface area contributed by atoms with Gasteiger partial charge in [-0.25, -0.2) is 8.42 Å². The summed E-state index contributed by atoms with van der Waals surface area (Å²) in [6.07, 6.45) is 0.767. The molecular weight excluding hydrogens is 420 g/mol. The maximum absolute atomic E-state index is 13.0. The van der Waals surface area contributed by atoms with Gasteiger partial charge in [-0.3, -0.25) is 9.10 Å². The van der Waals surface area contributed by atoms with Crippen molar-refractivity contribution in [1.29, 1.82) is 0 Å². The van der Waals surface area contributed by atoms with Crippen molar-refractivity contribution in [2.45, 2.75) is 25.2 Å². The van der Waals surface area contributed by atoms with Gasteiger partial charge in [-0.05, 0) is 54.8 Å². The Morgan fingerprint density at radius 1 is 1.03 bits per heavy atom. The van der Waals surface area contributed by atoms with Crippen LogP contribution in [0.4, 0.5) is 11.4 Å². The average molecular weight is 443 g/mol. The second-order valence-electron chi connectivity index (χ2n) is 6.87. The lowest BCUT2D eigenvalue weighted by molar-refractivity contribution is 0.102. The topological polar surface area (TPSA) is 66.5 Å². The molecule has 0 aliphatic rings. The average Bonchev–Trinajstić information content (AvgIpc) is 2.75. The summed E-state index contributed by atoms with van der Waals surface area (Å²) in [5, 5.41) is 3.18. The highest BCUT2D eigenvalue weighted by atomic mass is 35.5. The highest BCUT2D eigenvalue weighted by Crippen LogP contribution is 2.28. The molecule has 0 aliphatic heterocycles. The van der Waals surface area contributed by atoms with Gasteiger partial charge < -0.3 is 5.32 Å². The van der Waals surface area contributed by atoms with Gasteiger partial charge in [-0.15, -0.1) is 0 Å². The molecule has 0 spiro atoms. The third-order valence-corrected chi connectivity index (χ3v) is 7.07. The molecule has 0 saturated heterocycles. The van der Waals surface area contributed by atoms with E-state index in [2.05, 4.69) is 5.32 Å². The fourth-order valence-electron chi connectivity index (χ4n) is 3.16. The molecule has 30 heavy (non-hydrogen) atoms. The van der Waals surface area contributed by atoms with E-state index in [1.54, 1.807) is 24.3 Å². The van der Waals surface area contributed by atoms with Crippen LogP contribution >= 0.6 is 11.6 Å². The van der Waals surface area contributed by atoms with E-state index in [1.807, 2.05) is 32.0 Å². The molecule has 0 atom stereocenters. The molecule has 0 saturated carbocycles. The van der Waals surface area contributed by atoms with Crippen molar-refractivity contribution in [3.05, 3.63) is 88.4 Å². The fourth-order valence-corrected chi connectivity index (χ4v) is 4.57. The highest BCUT2D eigenvalue weighted by Gasteiger charge is 2.23. The molecule has 0 aromatic heterocycles. The number of carbonyl (C=O) groups is 1. The molecule has 0 heterocycles. The van der Waals surface area contributed by atoms with Crippen molar-refractivity contribution >= 4 is 38.9 Å². The molecule has 0 unspecified atom stereocenters. The number of anilines is 2. The number of aryl methyl sites for hydroxylation is 2. The zero-order valence-electron chi connectivity index (χ0n) is 17.0. The van der Waals surface area contributed by atoms with Crippen LogP contribution in [0.3, 0.4) is 0 Å². The maximum Gasteiger partial charge on any atom is 0.264 e. The van der Waals surface area contributed by atoms with E-state index in [1.165, 1.54) is 31.3 Å². The third-order valence-electron chi connectivity index (χ3n) is 4.94. The number of hydrogen-bond donors (Lipinski definition) is 1. The minimum absolute atomic E-state index is 0.168. The van der Waals surface area contributed by atoms with E-state index in [0.717, 1.165) is 27.5 Å². The Morgan fingerprint density at radius 2 is 1.73 bits per heavy atom. The molecule has 3 rings (SSSR count). The summed E-state index contributed by atoms with van der Waals surface area (Å²) in [6.45, 7) is 3.94.